The third kappa shape index (κ3) is 3.08. The molecule has 106 valence electrons. The van der Waals surface area contributed by atoms with E-state index in [1.165, 1.54) is 71.1 Å². The van der Waals surface area contributed by atoms with Gasteiger partial charge in [0.2, 0.25) is 0 Å². The molecule has 2 nitrogen and oxygen atoms in total. The molecular formula is C16H32N2. The molecule has 2 aliphatic heterocycles. The van der Waals surface area contributed by atoms with Crippen LogP contribution in [-0.4, -0.2) is 47.6 Å². The molecule has 1 atom stereocenters. The van der Waals surface area contributed by atoms with Gasteiger partial charge in [-0.15, -0.1) is 0 Å². The Balaban J connectivity index is 1.98. The first kappa shape index (κ1) is 14.3. The minimum Gasteiger partial charge on any atom is -0.298 e. The van der Waals surface area contributed by atoms with E-state index in [2.05, 4.69) is 30.6 Å². The van der Waals surface area contributed by atoms with Crippen LogP contribution in [0.5, 0.6) is 0 Å². The summed E-state index contributed by atoms with van der Waals surface area (Å²) >= 11 is 0. The Hall–Kier alpha value is -0.0800. The molecule has 18 heavy (non-hydrogen) atoms. The van der Waals surface area contributed by atoms with Gasteiger partial charge in [0.15, 0.2) is 0 Å². The molecule has 0 bridgehead atoms. The van der Waals surface area contributed by atoms with Crippen LogP contribution in [0.3, 0.4) is 0 Å². The Kier molecular flexibility index (Phi) is 5.08. The maximum absolute atomic E-state index is 2.83. The van der Waals surface area contributed by atoms with Crippen LogP contribution in [0.4, 0.5) is 0 Å². The van der Waals surface area contributed by atoms with Crippen molar-refractivity contribution in [2.45, 2.75) is 77.3 Å². The summed E-state index contributed by atoms with van der Waals surface area (Å²) in [5, 5.41) is 0. The zero-order valence-electron chi connectivity index (χ0n) is 12.7. The molecule has 0 aromatic carbocycles. The van der Waals surface area contributed by atoms with E-state index in [1.807, 2.05) is 0 Å². The average molecular weight is 252 g/mol. The molecule has 2 heteroatoms. The van der Waals surface area contributed by atoms with Crippen LogP contribution in [0.25, 0.3) is 0 Å². The van der Waals surface area contributed by atoms with Gasteiger partial charge in [-0.3, -0.25) is 9.80 Å². The average Bonchev–Trinajstić information content (AvgIpc) is 2.39. The van der Waals surface area contributed by atoms with Gasteiger partial charge in [0.05, 0.1) is 0 Å². The zero-order chi connectivity index (χ0) is 13.0. The van der Waals surface area contributed by atoms with Crippen LogP contribution >= 0.6 is 0 Å². The largest absolute Gasteiger partial charge is 0.298 e. The predicted molar refractivity (Wildman–Crippen MR) is 79.0 cm³/mol. The van der Waals surface area contributed by atoms with Gasteiger partial charge in [0, 0.05) is 31.2 Å². The van der Waals surface area contributed by atoms with E-state index in [0.29, 0.717) is 5.54 Å². The van der Waals surface area contributed by atoms with Crippen LogP contribution in [-0.2, 0) is 0 Å². The molecule has 0 aromatic rings. The Morgan fingerprint density at radius 1 is 1.00 bits per heavy atom. The number of nitrogens with zero attached hydrogens (tertiary/aromatic N) is 2. The second kappa shape index (κ2) is 6.38. The van der Waals surface area contributed by atoms with Gasteiger partial charge in [-0.05, 0) is 39.2 Å². The highest BCUT2D eigenvalue weighted by atomic mass is 15.3. The van der Waals surface area contributed by atoms with Gasteiger partial charge in [-0.2, -0.15) is 0 Å². The lowest BCUT2D eigenvalue weighted by molar-refractivity contribution is -0.0147. The van der Waals surface area contributed by atoms with Crippen LogP contribution in [0.1, 0.15) is 65.7 Å². The van der Waals surface area contributed by atoms with E-state index < -0.39 is 0 Å². The van der Waals surface area contributed by atoms with Crippen molar-refractivity contribution in [3.8, 4) is 0 Å². The zero-order valence-corrected chi connectivity index (χ0v) is 12.7. The number of rotatable bonds is 5. The van der Waals surface area contributed by atoms with E-state index in [-0.39, 0.29) is 0 Å². The number of hydrogen-bond donors (Lipinski definition) is 0. The summed E-state index contributed by atoms with van der Waals surface area (Å²) in [5.41, 5.74) is 0.465. The first-order valence-electron chi connectivity index (χ1n) is 8.18. The molecule has 2 fully saturated rings. The van der Waals surface area contributed by atoms with Gasteiger partial charge in [-0.25, -0.2) is 0 Å². The quantitative estimate of drug-likeness (QED) is 0.739. The molecule has 0 aromatic heterocycles. The molecule has 0 N–H and O–H groups in total. The third-order valence-corrected chi connectivity index (χ3v) is 5.18. The number of piperazine rings is 1. The Morgan fingerprint density at radius 2 is 1.72 bits per heavy atom. The Labute approximate surface area is 114 Å². The summed E-state index contributed by atoms with van der Waals surface area (Å²) in [6.45, 7) is 12.5. The van der Waals surface area contributed by atoms with Crippen molar-refractivity contribution in [3.63, 3.8) is 0 Å². The Bertz CT molecular complexity index is 245. The third-order valence-electron chi connectivity index (χ3n) is 5.18. The fraction of sp³-hybridized carbons (Fsp3) is 1.00. The minimum atomic E-state index is 0.465. The molecule has 0 saturated carbocycles. The van der Waals surface area contributed by atoms with E-state index in [0.717, 1.165) is 6.04 Å². The van der Waals surface area contributed by atoms with Gasteiger partial charge >= 0.3 is 0 Å². The molecule has 2 heterocycles. The summed E-state index contributed by atoms with van der Waals surface area (Å²) in [7, 11) is 0. The molecule has 1 unspecified atom stereocenters. The fourth-order valence-corrected chi connectivity index (χ4v) is 4.16. The molecule has 0 aliphatic carbocycles. The van der Waals surface area contributed by atoms with Crippen molar-refractivity contribution >= 4 is 0 Å². The Morgan fingerprint density at radius 3 is 2.39 bits per heavy atom. The van der Waals surface area contributed by atoms with Crippen LogP contribution in [0.2, 0.25) is 0 Å². The lowest BCUT2D eigenvalue weighted by Gasteiger charge is -2.51. The SMILES string of the molecule is CCCC(C)(CCC)N1CCN2CCCCC2C1. The monoisotopic (exact) mass is 252 g/mol. The molecule has 2 saturated heterocycles. The van der Waals surface area contributed by atoms with Gasteiger partial charge in [0.1, 0.15) is 0 Å². The summed E-state index contributed by atoms with van der Waals surface area (Å²) in [5.74, 6) is 0. The number of piperidine rings is 1. The number of fused-ring (bicyclic) bond motifs is 1. The van der Waals surface area contributed by atoms with Crippen LogP contribution in [0.15, 0.2) is 0 Å². The van der Waals surface area contributed by atoms with Crippen molar-refractivity contribution in [1.29, 1.82) is 0 Å². The highest BCUT2D eigenvalue weighted by Gasteiger charge is 2.37. The van der Waals surface area contributed by atoms with E-state index in [9.17, 15) is 0 Å². The summed E-state index contributed by atoms with van der Waals surface area (Å²) in [6, 6.07) is 0.862. The standard InChI is InChI=1S/C16H32N2/c1-4-9-16(3,10-5-2)18-13-12-17-11-7-6-8-15(17)14-18/h15H,4-14H2,1-3H3. The first-order chi connectivity index (χ1) is 8.69. The predicted octanol–water partition coefficient (Wildman–Crippen LogP) is 3.52. The molecule has 2 rings (SSSR count). The van der Waals surface area contributed by atoms with Crippen molar-refractivity contribution in [2.24, 2.45) is 0 Å². The van der Waals surface area contributed by atoms with Gasteiger partial charge in [0.25, 0.3) is 0 Å². The molecule has 0 spiro atoms. The summed E-state index contributed by atoms with van der Waals surface area (Å²) < 4.78 is 0. The van der Waals surface area contributed by atoms with Crippen molar-refractivity contribution in [3.05, 3.63) is 0 Å². The molecule has 2 aliphatic rings. The first-order valence-corrected chi connectivity index (χ1v) is 8.18. The van der Waals surface area contributed by atoms with Crippen molar-refractivity contribution in [2.75, 3.05) is 26.2 Å². The lowest BCUT2D eigenvalue weighted by Crippen LogP contribution is -2.60. The van der Waals surface area contributed by atoms with E-state index >= 15 is 0 Å². The van der Waals surface area contributed by atoms with E-state index in [4.69, 9.17) is 0 Å². The van der Waals surface area contributed by atoms with Gasteiger partial charge < -0.3 is 0 Å². The molecular weight excluding hydrogens is 220 g/mol. The summed E-state index contributed by atoms with van der Waals surface area (Å²) in [4.78, 5) is 5.57. The second-order valence-corrected chi connectivity index (χ2v) is 6.63. The van der Waals surface area contributed by atoms with Crippen LogP contribution in [0, 0.1) is 0 Å². The maximum atomic E-state index is 2.83. The maximum Gasteiger partial charge on any atom is 0.0223 e. The van der Waals surface area contributed by atoms with E-state index in [1.54, 1.807) is 0 Å². The van der Waals surface area contributed by atoms with Crippen molar-refractivity contribution in [1.82, 2.24) is 9.80 Å². The van der Waals surface area contributed by atoms with Crippen molar-refractivity contribution < 1.29 is 0 Å². The minimum absolute atomic E-state index is 0.465. The summed E-state index contributed by atoms with van der Waals surface area (Å²) in [6.07, 6.45) is 9.69. The highest BCUT2D eigenvalue weighted by molar-refractivity contribution is 4.93. The smallest absolute Gasteiger partial charge is 0.0223 e. The fourth-order valence-electron chi connectivity index (χ4n) is 4.16. The lowest BCUT2D eigenvalue weighted by atomic mass is 9.86. The van der Waals surface area contributed by atoms with Crippen LogP contribution < -0.4 is 0 Å². The molecule has 0 radical (unpaired) electrons. The second-order valence-electron chi connectivity index (χ2n) is 6.63. The molecule has 0 amide bonds. The topological polar surface area (TPSA) is 6.48 Å². The normalized spacial score (nSPS) is 27.2. The van der Waals surface area contributed by atoms with Gasteiger partial charge in [-0.1, -0.05) is 33.1 Å². The highest BCUT2D eigenvalue weighted by Crippen LogP contribution is 2.31. The number of hydrogen-bond acceptors (Lipinski definition) is 2.